The lowest BCUT2D eigenvalue weighted by atomic mass is 10.1. The molecule has 0 saturated heterocycles. The fraction of sp³-hybridized carbons (Fsp3) is 0.125. The lowest BCUT2D eigenvalue weighted by Gasteiger charge is -2.07. The highest BCUT2D eigenvalue weighted by Gasteiger charge is 2.33. The van der Waals surface area contributed by atoms with Gasteiger partial charge in [-0.2, -0.15) is 5.10 Å². The lowest BCUT2D eigenvalue weighted by molar-refractivity contribution is 0.0689. The van der Waals surface area contributed by atoms with Crippen LogP contribution in [0.3, 0.4) is 0 Å². The van der Waals surface area contributed by atoms with Gasteiger partial charge in [0.15, 0.2) is 11.5 Å². The van der Waals surface area contributed by atoms with Gasteiger partial charge in [0.05, 0.1) is 10.6 Å². The Kier molecular flexibility index (Phi) is 2.89. The average Bonchev–Trinajstić information content (AvgIpc) is 3.08. The van der Waals surface area contributed by atoms with Crippen molar-refractivity contribution in [3.8, 4) is 16.3 Å². The summed E-state index contributed by atoms with van der Waals surface area (Å²) in [6.07, 6.45) is 0.458. The van der Waals surface area contributed by atoms with Crippen LogP contribution in [-0.2, 0) is 6.42 Å². The molecule has 0 bridgehead atoms. The van der Waals surface area contributed by atoms with Crippen molar-refractivity contribution in [1.29, 1.82) is 0 Å². The van der Waals surface area contributed by atoms with Crippen LogP contribution in [0.4, 0.5) is 8.78 Å². The Morgan fingerprint density at radius 2 is 2.13 bits per heavy atom. The Morgan fingerprint density at radius 1 is 1.35 bits per heavy atom. The standard InChI is InChI=1S/C16H10F2N2O2S/c1-7-4-8-5-10-13(16(21)22)19-20(14(10)15(8)23-7)12-3-2-9(17)6-11(12)18/h2-4,6H,5H2,1H3,(H,21,22). The molecule has 23 heavy (non-hydrogen) atoms. The van der Waals surface area contributed by atoms with Crippen LogP contribution >= 0.6 is 11.3 Å². The normalized spacial score (nSPS) is 12.3. The highest BCUT2D eigenvalue weighted by Crippen LogP contribution is 2.44. The highest BCUT2D eigenvalue weighted by molar-refractivity contribution is 7.15. The van der Waals surface area contributed by atoms with Crippen molar-refractivity contribution in [2.24, 2.45) is 0 Å². The number of hydrogen-bond acceptors (Lipinski definition) is 3. The monoisotopic (exact) mass is 332 g/mol. The zero-order chi connectivity index (χ0) is 16.3. The number of benzene rings is 1. The molecule has 3 aromatic rings. The number of carboxylic acids is 1. The van der Waals surface area contributed by atoms with Crippen LogP contribution in [0.25, 0.3) is 16.3 Å². The van der Waals surface area contributed by atoms with Gasteiger partial charge in [0, 0.05) is 22.9 Å². The molecule has 116 valence electrons. The van der Waals surface area contributed by atoms with Gasteiger partial charge in [-0.25, -0.2) is 18.3 Å². The van der Waals surface area contributed by atoms with Crippen molar-refractivity contribution in [1.82, 2.24) is 9.78 Å². The number of hydrogen-bond donors (Lipinski definition) is 1. The number of aromatic carboxylic acids is 1. The number of halogens is 2. The minimum absolute atomic E-state index is 0.0362. The Bertz CT molecular complexity index is 975. The van der Waals surface area contributed by atoms with Gasteiger partial charge in [-0.15, -0.1) is 11.3 Å². The zero-order valence-corrected chi connectivity index (χ0v) is 12.7. The zero-order valence-electron chi connectivity index (χ0n) is 11.9. The van der Waals surface area contributed by atoms with Gasteiger partial charge in [-0.3, -0.25) is 0 Å². The Balaban J connectivity index is 2.02. The first kappa shape index (κ1) is 14.1. The maximum Gasteiger partial charge on any atom is 0.356 e. The second kappa shape index (κ2) is 4.73. The third kappa shape index (κ3) is 2.00. The first-order chi connectivity index (χ1) is 11.0. The van der Waals surface area contributed by atoms with Gasteiger partial charge in [-0.1, -0.05) is 0 Å². The van der Waals surface area contributed by atoms with E-state index in [9.17, 15) is 18.7 Å². The van der Waals surface area contributed by atoms with Crippen LogP contribution in [0.1, 0.15) is 26.5 Å². The van der Waals surface area contributed by atoms with Crippen molar-refractivity contribution in [3.05, 3.63) is 57.6 Å². The summed E-state index contributed by atoms with van der Waals surface area (Å²) >= 11 is 1.51. The van der Waals surface area contributed by atoms with Crippen LogP contribution in [0.15, 0.2) is 24.3 Å². The minimum Gasteiger partial charge on any atom is -0.476 e. The largest absolute Gasteiger partial charge is 0.476 e. The van der Waals surface area contributed by atoms with E-state index in [2.05, 4.69) is 5.10 Å². The topological polar surface area (TPSA) is 55.1 Å². The second-order valence-electron chi connectivity index (χ2n) is 5.38. The van der Waals surface area contributed by atoms with Crippen LogP contribution in [0.2, 0.25) is 0 Å². The first-order valence-electron chi connectivity index (χ1n) is 6.86. The van der Waals surface area contributed by atoms with Crippen molar-refractivity contribution in [3.63, 3.8) is 0 Å². The molecule has 1 aromatic carbocycles. The number of thiophene rings is 1. The molecule has 0 aliphatic heterocycles. The Labute approximate surface area is 133 Å². The van der Waals surface area contributed by atoms with E-state index in [1.165, 1.54) is 22.1 Å². The molecule has 1 N–H and O–H groups in total. The van der Waals surface area contributed by atoms with E-state index in [-0.39, 0.29) is 11.4 Å². The molecule has 2 heterocycles. The molecular weight excluding hydrogens is 322 g/mol. The van der Waals surface area contributed by atoms with Gasteiger partial charge in [0.1, 0.15) is 11.5 Å². The molecule has 1 aliphatic rings. The number of nitrogens with zero attached hydrogens (tertiary/aromatic N) is 2. The summed E-state index contributed by atoms with van der Waals surface area (Å²) in [6.45, 7) is 1.96. The molecule has 0 radical (unpaired) electrons. The number of carboxylic acid groups (broad SMARTS) is 1. The van der Waals surface area contributed by atoms with E-state index >= 15 is 0 Å². The summed E-state index contributed by atoms with van der Waals surface area (Å²) in [5, 5.41) is 13.4. The maximum absolute atomic E-state index is 14.2. The van der Waals surface area contributed by atoms with Gasteiger partial charge in [0.2, 0.25) is 0 Å². The summed E-state index contributed by atoms with van der Waals surface area (Å²) < 4.78 is 28.6. The summed E-state index contributed by atoms with van der Waals surface area (Å²) in [4.78, 5) is 13.4. The maximum atomic E-state index is 14.2. The van der Waals surface area contributed by atoms with E-state index in [0.29, 0.717) is 17.7 Å². The molecule has 0 fully saturated rings. The minimum atomic E-state index is -1.16. The third-order valence-electron chi connectivity index (χ3n) is 3.84. The van der Waals surface area contributed by atoms with E-state index < -0.39 is 17.6 Å². The molecule has 1 aliphatic carbocycles. The van der Waals surface area contributed by atoms with Crippen molar-refractivity contribution >= 4 is 17.3 Å². The van der Waals surface area contributed by atoms with Gasteiger partial charge in [0.25, 0.3) is 0 Å². The molecule has 7 heteroatoms. The summed E-state index contributed by atoms with van der Waals surface area (Å²) in [5.74, 6) is -2.63. The first-order valence-corrected chi connectivity index (χ1v) is 7.67. The van der Waals surface area contributed by atoms with Crippen LogP contribution < -0.4 is 0 Å². The van der Waals surface area contributed by atoms with Crippen molar-refractivity contribution in [2.45, 2.75) is 13.3 Å². The molecule has 0 saturated carbocycles. The SMILES string of the molecule is Cc1cc2c(s1)-c1c(c(C(=O)O)nn1-c1ccc(F)cc1F)C2. The molecule has 4 nitrogen and oxygen atoms in total. The number of fused-ring (bicyclic) bond motifs is 3. The number of aromatic nitrogens is 2. The fourth-order valence-corrected chi connectivity index (χ4v) is 4.03. The predicted molar refractivity (Wildman–Crippen MR) is 81.3 cm³/mol. The van der Waals surface area contributed by atoms with Crippen LogP contribution in [-0.4, -0.2) is 20.9 Å². The lowest BCUT2D eigenvalue weighted by Crippen LogP contribution is -2.05. The average molecular weight is 332 g/mol. The van der Waals surface area contributed by atoms with E-state index in [0.717, 1.165) is 27.5 Å². The molecule has 2 aromatic heterocycles. The Hall–Kier alpha value is -2.54. The second-order valence-corrected chi connectivity index (χ2v) is 6.63. The van der Waals surface area contributed by atoms with Crippen LogP contribution in [0, 0.1) is 18.6 Å². The van der Waals surface area contributed by atoms with E-state index in [1.54, 1.807) is 0 Å². The molecule has 0 atom stereocenters. The number of aryl methyl sites for hydroxylation is 1. The molecule has 0 amide bonds. The molecular formula is C16H10F2N2O2S. The Morgan fingerprint density at radius 3 is 2.83 bits per heavy atom. The summed E-state index contributed by atoms with van der Waals surface area (Å²) in [6, 6.07) is 5.15. The van der Waals surface area contributed by atoms with Crippen LogP contribution in [0.5, 0.6) is 0 Å². The number of rotatable bonds is 2. The van der Waals surface area contributed by atoms with Crippen molar-refractivity contribution in [2.75, 3.05) is 0 Å². The summed E-state index contributed by atoms with van der Waals surface area (Å²) in [7, 11) is 0. The van der Waals surface area contributed by atoms with Gasteiger partial charge in [-0.05, 0) is 30.7 Å². The quantitative estimate of drug-likeness (QED) is 0.608. The highest BCUT2D eigenvalue weighted by atomic mass is 32.1. The van der Waals surface area contributed by atoms with E-state index in [4.69, 9.17) is 0 Å². The molecule has 0 unspecified atom stereocenters. The summed E-state index contributed by atoms with van der Waals surface area (Å²) in [5.41, 5.74) is 2.11. The van der Waals surface area contributed by atoms with Gasteiger partial charge < -0.3 is 5.11 Å². The third-order valence-corrected chi connectivity index (χ3v) is 4.94. The molecule has 4 rings (SSSR count). The van der Waals surface area contributed by atoms with Gasteiger partial charge >= 0.3 is 5.97 Å². The van der Waals surface area contributed by atoms with Crippen molar-refractivity contribution < 1.29 is 18.7 Å². The molecule has 0 spiro atoms. The number of carbonyl (C=O) groups is 1. The van der Waals surface area contributed by atoms with E-state index in [1.807, 2.05) is 13.0 Å². The smallest absolute Gasteiger partial charge is 0.356 e. The fourth-order valence-electron chi connectivity index (χ4n) is 2.94. The predicted octanol–water partition coefficient (Wildman–Crippen LogP) is 3.79.